The van der Waals surface area contributed by atoms with Crippen molar-refractivity contribution < 1.29 is 12.6 Å². The molecule has 0 aliphatic heterocycles. The molecule has 1 unspecified atom stereocenters. The molecule has 2 aromatic rings. The maximum absolute atomic E-state index is 11.4. The Bertz CT molecular complexity index is 687. The Balaban J connectivity index is 2.34. The monoisotopic (exact) mass is 334 g/mol. The standard InChI is InChI=1S/C12H12Cl2N2O3S/c1-20(17,18)19-12(7-16-5-4-15-8-16)10-3-2-9(13)6-11(10)14/h2-6,8,12H,7H2,1H3. The molecular formula is C12H12Cl2N2O3S. The molecule has 1 aromatic carbocycles. The Morgan fingerprint density at radius 1 is 1.40 bits per heavy atom. The van der Waals surface area contributed by atoms with E-state index in [2.05, 4.69) is 4.98 Å². The van der Waals surface area contributed by atoms with Gasteiger partial charge < -0.3 is 4.57 Å². The fourth-order valence-electron chi connectivity index (χ4n) is 1.74. The second-order valence-electron chi connectivity index (χ2n) is 4.21. The maximum Gasteiger partial charge on any atom is 0.265 e. The zero-order valence-corrected chi connectivity index (χ0v) is 12.9. The number of halogens is 2. The number of rotatable bonds is 5. The van der Waals surface area contributed by atoms with Gasteiger partial charge in [-0.25, -0.2) is 4.98 Å². The van der Waals surface area contributed by atoms with Crippen molar-refractivity contribution in [3.63, 3.8) is 0 Å². The van der Waals surface area contributed by atoms with Crippen LogP contribution < -0.4 is 0 Å². The van der Waals surface area contributed by atoms with E-state index in [1.807, 2.05) is 0 Å². The lowest BCUT2D eigenvalue weighted by Gasteiger charge is -2.18. The Morgan fingerprint density at radius 2 is 2.15 bits per heavy atom. The largest absolute Gasteiger partial charge is 0.334 e. The predicted octanol–water partition coefficient (Wildman–Crippen LogP) is 2.91. The van der Waals surface area contributed by atoms with Gasteiger partial charge in [0, 0.05) is 28.0 Å². The van der Waals surface area contributed by atoms with Crippen LogP contribution in [0.2, 0.25) is 10.0 Å². The highest BCUT2D eigenvalue weighted by Crippen LogP contribution is 2.30. The Morgan fingerprint density at radius 3 is 2.70 bits per heavy atom. The van der Waals surface area contributed by atoms with Crippen LogP contribution in [0.3, 0.4) is 0 Å². The van der Waals surface area contributed by atoms with Crippen molar-refractivity contribution >= 4 is 33.3 Å². The first-order chi connectivity index (χ1) is 9.35. The number of imidazole rings is 1. The van der Waals surface area contributed by atoms with Crippen molar-refractivity contribution in [1.82, 2.24) is 9.55 Å². The van der Waals surface area contributed by atoms with E-state index in [0.717, 1.165) is 6.26 Å². The second-order valence-corrected chi connectivity index (χ2v) is 6.66. The molecule has 0 saturated carbocycles. The summed E-state index contributed by atoms with van der Waals surface area (Å²) >= 11 is 11.9. The lowest BCUT2D eigenvalue weighted by molar-refractivity contribution is 0.193. The van der Waals surface area contributed by atoms with E-state index in [9.17, 15) is 8.42 Å². The average Bonchev–Trinajstić information content (AvgIpc) is 2.79. The molecule has 0 saturated heterocycles. The number of hydrogen-bond acceptors (Lipinski definition) is 4. The topological polar surface area (TPSA) is 61.2 Å². The average molecular weight is 335 g/mol. The Kier molecular flexibility index (Phi) is 4.70. The second kappa shape index (κ2) is 6.13. The molecule has 1 heterocycles. The molecule has 2 rings (SSSR count). The van der Waals surface area contributed by atoms with Crippen LogP contribution >= 0.6 is 23.2 Å². The SMILES string of the molecule is CS(=O)(=O)OC(Cn1ccnc1)c1ccc(Cl)cc1Cl. The van der Waals surface area contributed by atoms with Gasteiger partial charge >= 0.3 is 0 Å². The van der Waals surface area contributed by atoms with Crippen LogP contribution in [0.4, 0.5) is 0 Å². The molecule has 108 valence electrons. The highest BCUT2D eigenvalue weighted by Gasteiger charge is 2.21. The summed E-state index contributed by atoms with van der Waals surface area (Å²) in [6, 6.07) is 4.83. The van der Waals surface area contributed by atoms with Crippen LogP contribution in [0, 0.1) is 0 Å². The van der Waals surface area contributed by atoms with Crippen molar-refractivity contribution in [1.29, 1.82) is 0 Å². The van der Waals surface area contributed by atoms with E-state index < -0.39 is 16.2 Å². The van der Waals surface area contributed by atoms with Crippen molar-refractivity contribution in [2.24, 2.45) is 0 Å². The third-order valence-electron chi connectivity index (χ3n) is 2.54. The van der Waals surface area contributed by atoms with Gasteiger partial charge in [-0.2, -0.15) is 8.42 Å². The van der Waals surface area contributed by atoms with E-state index in [1.54, 1.807) is 41.5 Å². The summed E-state index contributed by atoms with van der Waals surface area (Å²) in [5, 5.41) is 0.825. The van der Waals surface area contributed by atoms with Crippen LogP contribution in [0.15, 0.2) is 36.9 Å². The minimum Gasteiger partial charge on any atom is -0.334 e. The summed E-state index contributed by atoms with van der Waals surface area (Å²) in [6.07, 6.45) is 5.13. The fraction of sp³-hybridized carbons (Fsp3) is 0.250. The zero-order chi connectivity index (χ0) is 14.8. The van der Waals surface area contributed by atoms with Crippen molar-refractivity contribution in [3.8, 4) is 0 Å². The van der Waals surface area contributed by atoms with Crippen LogP contribution in [-0.4, -0.2) is 24.2 Å². The van der Waals surface area contributed by atoms with Gasteiger partial charge in [0.1, 0.15) is 6.10 Å². The minimum atomic E-state index is -3.63. The fourth-order valence-corrected chi connectivity index (χ4v) is 2.86. The van der Waals surface area contributed by atoms with E-state index in [0.29, 0.717) is 15.6 Å². The minimum absolute atomic E-state index is 0.272. The number of benzene rings is 1. The van der Waals surface area contributed by atoms with E-state index in [-0.39, 0.29) is 6.54 Å². The van der Waals surface area contributed by atoms with Crippen molar-refractivity contribution in [3.05, 3.63) is 52.5 Å². The summed E-state index contributed by atoms with van der Waals surface area (Å²) in [7, 11) is -3.63. The zero-order valence-electron chi connectivity index (χ0n) is 10.5. The molecule has 8 heteroatoms. The van der Waals surface area contributed by atoms with Gasteiger partial charge in [0.25, 0.3) is 10.1 Å². The summed E-state index contributed by atoms with van der Waals surface area (Å²) < 4.78 is 29.6. The molecule has 0 fully saturated rings. The van der Waals surface area contributed by atoms with E-state index in [1.165, 1.54) is 0 Å². The van der Waals surface area contributed by atoms with Gasteiger partial charge in [0.2, 0.25) is 0 Å². The van der Waals surface area contributed by atoms with Crippen LogP contribution in [0.1, 0.15) is 11.7 Å². The molecule has 0 aliphatic carbocycles. The summed E-state index contributed by atoms with van der Waals surface area (Å²) in [4.78, 5) is 3.91. The summed E-state index contributed by atoms with van der Waals surface area (Å²) in [5.74, 6) is 0. The molecule has 20 heavy (non-hydrogen) atoms. The summed E-state index contributed by atoms with van der Waals surface area (Å²) in [5.41, 5.74) is 0.551. The van der Waals surface area contributed by atoms with Gasteiger partial charge in [-0.3, -0.25) is 4.18 Å². The Hall–Kier alpha value is -1.08. The predicted molar refractivity (Wildman–Crippen MR) is 77.4 cm³/mol. The van der Waals surface area contributed by atoms with E-state index >= 15 is 0 Å². The van der Waals surface area contributed by atoms with Crippen LogP contribution in [-0.2, 0) is 20.8 Å². The lowest BCUT2D eigenvalue weighted by Crippen LogP contribution is -2.16. The molecule has 0 bridgehead atoms. The summed E-state index contributed by atoms with van der Waals surface area (Å²) in [6.45, 7) is 0.272. The molecular weight excluding hydrogens is 323 g/mol. The molecule has 0 spiro atoms. The third kappa shape index (κ3) is 4.21. The normalized spacial score (nSPS) is 13.3. The van der Waals surface area contributed by atoms with Gasteiger partial charge in [-0.15, -0.1) is 0 Å². The molecule has 0 N–H and O–H groups in total. The lowest BCUT2D eigenvalue weighted by atomic mass is 10.1. The highest BCUT2D eigenvalue weighted by molar-refractivity contribution is 7.86. The van der Waals surface area contributed by atoms with Crippen LogP contribution in [0.5, 0.6) is 0 Å². The Labute approximate surface area is 127 Å². The first-order valence-corrected chi connectivity index (χ1v) is 8.21. The molecule has 0 radical (unpaired) electrons. The van der Waals surface area contributed by atoms with Gasteiger partial charge in [0.15, 0.2) is 0 Å². The molecule has 0 aliphatic rings. The first-order valence-electron chi connectivity index (χ1n) is 5.64. The molecule has 1 atom stereocenters. The smallest absolute Gasteiger partial charge is 0.265 e. The quantitative estimate of drug-likeness (QED) is 0.788. The van der Waals surface area contributed by atoms with Gasteiger partial charge in [-0.1, -0.05) is 29.3 Å². The van der Waals surface area contributed by atoms with Crippen molar-refractivity contribution in [2.45, 2.75) is 12.6 Å². The first kappa shape index (κ1) is 15.3. The number of aromatic nitrogens is 2. The molecule has 1 aromatic heterocycles. The number of nitrogens with zero attached hydrogens (tertiary/aromatic N) is 2. The van der Waals surface area contributed by atoms with Crippen LogP contribution in [0.25, 0.3) is 0 Å². The number of hydrogen-bond donors (Lipinski definition) is 0. The maximum atomic E-state index is 11.4. The molecule has 5 nitrogen and oxygen atoms in total. The highest BCUT2D eigenvalue weighted by atomic mass is 35.5. The van der Waals surface area contributed by atoms with Crippen molar-refractivity contribution in [2.75, 3.05) is 6.26 Å². The van der Waals surface area contributed by atoms with Gasteiger partial charge in [-0.05, 0) is 12.1 Å². The third-order valence-corrected chi connectivity index (χ3v) is 3.68. The molecule has 0 amide bonds. The van der Waals surface area contributed by atoms with E-state index in [4.69, 9.17) is 27.4 Å². The van der Waals surface area contributed by atoms with Gasteiger partial charge in [0.05, 0.1) is 19.1 Å².